The van der Waals surface area contributed by atoms with Crippen molar-refractivity contribution >= 4 is 5.91 Å². The molecule has 3 rings (SSSR count). The summed E-state index contributed by atoms with van der Waals surface area (Å²) in [7, 11) is 0. The minimum absolute atomic E-state index is 0.00843. The molecule has 0 aromatic rings. The Kier molecular flexibility index (Phi) is 1.99. The van der Waals surface area contributed by atoms with E-state index in [0.717, 1.165) is 32.3 Å². The highest BCUT2D eigenvalue weighted by atomic mass is 16.5. The molecule has 0 bridgehead atoms. The van der Waals surface area contributed by atoms with E-state index in [1.807, 2.05) is 0 Å². The number of nitrogens with one attached hydrogen (secondary N) is 2. The Bertz CT molecular complexity index is 241. The van der Waals surface area contributed by atoms with Gasteiger partial charge in [0.05, 0.1) is 12.1 Å². The molecular formula is C10H16N2O2. The second kappa shape index (κ2) is 3.21. The van der Waals surface area contributed by atoms with Crippen LogP contribution < -0.4 is 10.6 Å². The molecule has 1 aliphatic carbocycles. The van der Waals surface area contributed by atoms with Gasteiger partial charge in [0.2, 0.25) is 5.91 Å². The molecule has 2 N–H and O–H groups in total. The van der Waals surface area contributed by atoms with Gasteiger partial charge in [0, 0.05) is 18.7 Å². The van der Waals surface area contributed by atoms with Gasteiger partial charge in [-0.15, -0.1) is 0 Å². The number of rotatable bonds is 2. The first-order valence-corrected chi connectivity index (χ1v) is 5.51. The van der Waals surface area contributed by atoms with E-state index in [1.165, 1.54) is 0 Å². The van der Waals surface area contributed by atoms with E-state index in [-0.39, 0.29) is 18.1 Å². The summed E-state index contributed by atoms with van der Waals surface area (Å²) in [6.45, 7) is 0.847. The van der Waals surface area contributed by atoms with Crippen molar-refractivity contribution in [1.29, 1.82) is 0 Å². The molecule has 2 heterocycles. The highest BCUT2D eigenvalue weighted by Crippen LogP contribution is 2.26. The summed E-state index contributed by atoms with van der Waals surface area (Å²) in [6.07, 6.45) is 4.50. The van der Waals surface area contributed by atoms with Gasteiger partial charge < -0.3 is 15.4 Å². The minimum Gasteiger partial charge on any atom is -0.376 e. The minimum atomic E-state index is -0.00843. The third kappa shape index (κ3) is 1.53. The number of ether oxygens (including phenoxy) is 1. The highest BCUT2D eigenvalue weighted by molar-refractivity contribution is 5.82. The van der Waals surface area contributed by atoms with Gasteiger partial charge in [-0.05, 0) is 25.7 Å². The van der Waals surface area contributed by atoms with Gasteiger partial charge in [0.25, 0.3) is 0 Å². The van der Waals surface area contributed by atoms with E-state index in [9.17, 15) is 4.79 Å². The van der Waals surface area contributed by atoms with Crippen LogP contribution in [0.2, 0.25) is 0 Å². The van der Waals surface area contributed by atoms with Crippen LogP contribution in [0.4, 0.5) is 0 Å². The Morgan fingerprint density at radius 3 is 2.93 bits per heavy atom. The molecule has 3 atom stereocenters. The first-order chi connectivity index (χ1) is 6.83. The summed E-state index contributed by atoms with van der Waals surface area (Å²) < 4.78 is 5.54. The van der Waals surface area contributed by atoms with Gasteiger partial charge in [-0.2, -0.15) is 0 Å². The predicted octanol–water partition coefficient (Wildman–Crippen LogP) is -0.216. The maximum atomic E-state index is 11.7. The second-order valence-corrected chi connectivity index (χ2v) is 4.54. The second-order valence-electron chi connectivity index (χ2n) is 4.54. The lowest BCUT2D eigenvalue weighted by atomic mass is 10.1. The van der Waals surface area contributed by atoms with Crippen molar-refractivity contribution in [3.8, 4) is 0 Å². The Morgan fingerprint density at radius 1 is 1.36 bits per heavy atom. The fourth-order valence-corrected chi connectivity index (χ4v) is 2.34. The van der Waals surface area contributed by atoms with Crippen molar-refractivity contribution in [3.05, 3.63) is 0 Å². The van der Waals surface area contributed by atoms with E-state index in [2.05, 4.69) is 10.6 Å². The van der Waals surface area contributed by atoms with Crippen LogP contribution in [0.25, 0.3) is 0 Å². The molecule has 0 spiro atoms. The fraction of sp³-hybridized carbons (Fsp3) is 0.900. The van der Waals surface area contributed by atoms with Crippen molar-refractivity contribution in [2.75, 3.05) is 6.61 Å². The molecule has 2 aliphatic heterocycles. The third-order valence-corrected chi connectivity index (χ3v) is 3.33. The standard InChI is InChI=1S/C10H16N2O2/c13-10(11-6-1-2-6)8-5-9-7(12-8)3-4-14-9/h6-9,12H,1-5H2,(H,11,13)/t7-,8-,9-/m0/s1. The van der Waals surface area contributed by atoms with Gasteiger partial charge in [-0.1, -0.05) is 0 Å². The van der Waals surface area contributed by atoms with Gasteiger partial charge in [0.1, 0.15) is 0 Å². The monoisotopic (exact) mass is 196 g/mol. The third-order valence-electron chi connectivity index (χ3n) is 3.33. The van der Waals surface area contributed by atoms with Crippen molar-refractivity contribution in [3.63, 3.8) is 0 Å². The summed E-state index contributed by atoms with van der Waals surface area (Å²) in [4.78, 5) is 11.7. The van der Waals surface area contributed by atoms with Crippen LogP contribution in [0.3, 0.4) is 0 Å². The van der Waals surface area contributed by atoms with Crippen LogP contribution in [0.5, 0.6) is 0 Å². The summed E-state index contributed by atoms with van der Waals surface area (Å²) in [5.41, 5.74) is 0. The zero-order valence-corrected chi connectivity index (χ0v) is 8.16. The molecule has 0 radical (unpaired) electrons. The molecule has 3 aliphatic rings. The quantitative estimate of drug-likeness (QED) is 0.642. The van der Waals surface area contributed by atoms with Gasteiger partial charge in [0.15, 0.2) is 0 Å². The number of amides is 1. The van der Waals surface area contributed by atoms with Crippen molar-refractivity contribution in [2.45, 2.75) is 49.9 Å². The Hall–Kier alpha value is -0.610. The summed E-state index contributed by atoms with van der Waals surface area (Å²) >= 11 is 0. The van der Waals surface area contributed by atoms with Crippen molar-refractivity contribution in [2.24, 2.45) is 0 Å². The van der Waals surface area contributed by atoms with E-state index < -0.39 is 0 Å². The Morgan fingerprint density at radius 2 is 2.21 bits per heavy atom. The topological polar surface area (TPSA) is 50.4 Å². The van der Waals surface area contributed by atoms with Crippen LogP contribution in [0.15, 0.2) is 0 Å². The SMILES string of the molecule is O=C(NC1CC1)[C@@H]1C[C@@H]2OCC[C@@H]2N1. The molecule has 0 aromatic heterocycles. The van der Waals surface area contributed by atoms with E-state index in [1.54, 1.807) is 0 Å². The fourth-order valence-electron chi connectivity index (χ4n) is 2.34. The molecule has 4 heteroatoms. The largest absolute Gasteiger partial charge is 0.376 e. The molecule has 14 heavy (non-hydrogen) atoms. The number of hydrogen-bond acceptors (Lipinski definition) is 3. The molecule has 0 unspecified atom stereocenters. The van der Waals surface area contributed by atoms with E-state index >= 15 is 0 Å². The molecule has 1 amide bonds. The van der Waals surface area contributed by atoms with Crippen LogP contribution in [-0.4, -0.2) is 36.7 Å². The maximum absolute atomic E-state index is 11.7. The smallest absolute Gasteiger partial charge is 0.237 e. The average molecular weight is 196 g/mol. The first kappa shape index (κ1) is 8.68. The van der Waals surface area contributed by atoms with Crippen LogP contribution in [-0.2, 0) is 9.53 Å². The molecule has 0 aromatic carbocycles. The normalized spacial score (nSPS) is 41.0. The van der Waals surface area contributed by atoms with E-state index in [4.69, 9.17) is 4.74 Å². The van der Waals surface area contributed by atoms with Crippen molar-refractivity contribution in [1.82, 2.24) is 10.6 Å². The van der Waals surface area contributed by atoms with Gasteiger partial charge >= 0.3 is 0 Å². The average Bonchev–Trinajstić information content (AvgIpc) is 2.73. The van der Waals surface area contributed by atoms with Crippen LogP contribution in [0.1, 0.15) is 25.7 Å². The lowest BCUT2D eigenvalue weighted by Crippen LogP contribution is -2.43. The molecule has 3 fully saturated rings. The number of carbonyl (C=O) groups is 1. The number of hydrogen-bond donors (Lipinski definition) is 2. The lowest BCUT2D eigenvalue weighted by Gasteiger charge is -2.12. The van der Waals surface area contributed by atoms with E-state index in [0.29, 0.717) is 12.1 Å². The van der Waals surface area contributed by atoms with Crippen LogP contribution in [0, 0.1) is 0 Å². The zero-order chi connectivity index (χ0) is 9.54. The highest BCUT2D eigenvalue weighted by Gasteiger charge is 2.41. The summed E-state index contributed by atoms with van der Waals surface area (Å²) in [5.74, 6) is 0.172. The van der Waals surface area contributed by atoms with Gasteiger partial charge in [-0.25, -0.2) is 0 Å². The van der Waals surface area contributed by atoms with Crippen LogP contribution >= 0.6 is 0 Å². The number of fused-ring (bicyclic) bond motifs is 1. The predicted molar refractivity (Wildman–Crippen MR) is 50.9 cm³/mol. The molecule has 78 valence electrons. The molecular weight excluding hydrogens is 180 g/mol. The Balaban J connectivity index is 1.56. The van der Waals surface area contributed by atoms with Gasteiger partial charge in [-0.3, -0.25) is 4.79 Å². The maximum Gasteiger partial charge on any atom is 0.237 e. The summed E-state index contributed by atoms with van der Waals surface area (Å²) in [5, 5.41) is 6.38. The Labute approximate surface area is 83.4 Å². The zero-order valence-electron chi connectivity index (χ0n) is 8.16. The van der Waals surface area contributed by atoms with Crippen molar-refractivity contribution < 1.29 is 9.53 Å². The lowest BCUT2D eigenvalue weighted by molar-refractivity contribution is -0.123. The molecule has 4 nitrogen and oxygen atoms in total. The molecule has 2 saturated heterocycles. The first-order valence-electron chi connectivity index (χ1n) is 5.51. The molecule has 1 saturated carbocycles. The number of carbonyl (C=O) groups excluding carboxylic acids is 1. The summed E-state index contributed by atoms with van der Waals surface area (Å²) in [6, 6.07) is 0.876.